The molecule has 1 rings (SSSR count). The van der Waals surface area contributed by atoms with Crippen LogP contribution in [0.25, 0.3) is 0 Å². The smallest absolute Gasteiger partial charge is 0.0672 e. The molecule has 1 aliphatic heterocycles. The third kappa shape index (κ3) is 5.10. The molecule has 1 fully saturated rings. The van der Waals surface area contributed by atoms with Gasteiger partial charge in [0.15, 0.2) is 0 Å². The van der Waals surface area contributed by atoms with Gasteiger partial charge in [0.05, 0.1) is 13.2 Å². The van der Waals surface area contributed by atoms with Crippen LogP contribution < -0.4 is 5.32 Å². The van der Waals surface area contributed by atoms with E-state index in [1.165, 1.54) is 0 Å². The van der Waals surface area contributed by atoms with Crippen molar-refractivity contribution >= 4 is 0 Å². The molecule has 1 atom stereocenters. The van der Waals surface area contributed by atoms with Gasteiger partial charge in [0.1, 0.15) is 0 Å². The molecule has 0 aromatic rings. The Kier molecular flexibility index (Phi) is 6.03. The molecule has 1 heterocycles. The number of nitrogens with one attached hydrogen (secondary N) is 1. The normalized spacial score (nSPS) is 22.6. The van der Waals surface area contributed by atoms with Crippen molar-refractivity contribution in [3.05, 3.63) is 12.2 Å². The lowest BCUT2D eigenvalue weighted by molar-refractivity contribution is 0.0985. The predicted molar refractivity (Wildman–Crippen MR) is 68.7 cm³/mol. The molecule has 0 bridgehead atoms. The Bertz CT molecular complexity index is 216. The van der Waals surface area contributed by atoms with Crippen molar-refractivity contribution in [1.29, 1.82) is 0 Å². The molecule has 1 aliphatic rings. The Morgan fingerprint density at radius 1 is 1.56 bits per heavy atom. The summed E-state index contributed by atoms with van der Waals surface area (Å²) in [6.45, 7) is 16.3. The first-order valence-corrected chi connectivity index (χ1v) is 6.27. The van der Waals surface area contributed by atoms with E-state index < -0.39 is 0 Å². The largest absolute Gasteiger partial charge is 0.376 e. The van der Waals surface area contributed by atoms with Crippen molar-refractivity contribution in [2.75, 3.05) is 39.4 Å². The minimum Gasteiger partial charge on any atom is -0.376 e. The SMILES string of the molecule is C=C(C)COCCN1CCNC(C(C)C)C1. The van der Waals surface area contributed by atoms with Crippen LogP contribution in [-0.2, 0) is 4.74 Å². The van der Waals surface area contributed by atoms with E-state index in [0.29, 0.717) is 18.6 Å². The van der Waals surface area contributed by atoms with Gasteiger partial charge < -0.3 is 10.1 Å². The lowest BCUT2D eigenvalue weighted by atomic mass is 10.0. The molecular formula is C13H26N2O. The van der Waals surface area contributed by atoms with Crippen LogP contribution in [0.1, 0.15) is 20.8 Å². The fourth-order valence-electron chi connectivity index (χ4n) is 1.93. The molecule has 3 heteroatoms. The summed E-state index contributed by atoms with van der Waals surface area (Å²) in [6.07, 6.45) is 0. The van der Waals surface area contributed by atoms with E-state index in [9.17, 15) is 0 Å². The summed E-state index contributed by atoms with van der Waals surface area (Å²) in [5.74, 6) is 0.708. The van der Waals surface area contributed by atoms with Crippen LogP contribution in [0, 0.1) is 5.92 Å². The summed E-state index contributed by atoms with van der Waals surface area (Å²) in [6, 6.07) is 0.634. The minimum absolute atomic E-state index is 0.634. The van der Waals surface area contributed by atoms with Gasteiger partial charge in [-0.05, 0) is 12.8 Å². The number of hydrogen-bond donors (Lipinski definition) is 1. The van der Waals surface area contributed by atoms with Crippen LogP contribution in [0.4, 0.5) is 0 Å². The second-order valence-corrected chi connectivity index (χ2v) is 5.11. The van der Waals surface area contributed by atoms with E-state index in [1.54, 1.807) is 0 Å². The second kappa shape index (κ2) is 7.05. The summed E-state index contributed by atoms with van der Waals surface area (Å²) in [5, 5.41) is 3.56. The van der Waals surface area contributed by atoms with E-state index in [4.69, 9.17) is 4.74 Å². The van der Waals surface area contributed by atoms with Crippen molar-refractivity contribution in [3.63, 3.8) is 0 Å². The quantitative estimate of drug-likeness (QED) is 0.549. The van der Waals surface area contributed by atoms with Crippen LogP contribution in [-0.4, -0.2) is 50.3 Å². The molecular weight excluding hydrogens is 200 g/mol. The van der Waals surface area contributed by atoms with Crippen molar-refractivity contribution in [3.8, 4) is 0 Å². The van der Waals surface area contributed by atoms with Crippen LogP contribution in [0.3, 0.4) is 0 Å². The Labute approximate surface area is 99.8 Å². The third-order valence-corrected chi connectivity index (χ3v) is 2.99. The predicted octanol–water partition coefficient (Wildman–Crippen LogP) is 1.51. The van der Waals surface area contributed by atoms with E-state index in [2.05, 4.69) is 30.6 Å². The maximum absolute atomic E-state index is 5.53. The first kappa shape index (κ1) is 13.7. The van der Waals surface area contributed by atoms with Crippen molar-refractivity contribution in [2.24, 2.45) is 5.92 Å². The van der Waals surface area contributed by atoms with Gasteiger partial charge in [-0.1, -0.05) is 26.0 Å². The molecule has 16 heavy (non-hydrogen) atoms. The highest BCUT2D eigenvalue weighted by Gasteiger charge is 2.20. The van der Waals surface area contributed by atoms with E-state index >= 15 is 0 Å². The lowest BCUT2D eigenvalue weighted by Gasteiger charge is -2.35. The Balaban J connectivity index is 2.14. The van der Waals surface area contributed by atoms with Gasteiger partial charge in [0.2, 0.25) is 0 Å². The zero-order valence-corrected chi connectivity index (χ0v) is 11.0. The van der Waals surface area contributed by atoms with Crippen molar-refractivity contribution in [1.82, 2.24) is 10.2 Å². The van der Waals surface area contributed by atoms with Gasteiger partial charge in [0.25, 0.3) is 0 Å². The maximum Gasteiger partial charge on any atom is 0.0672 e. The van der Waals surface area contributed by atoms with Crippen LogP contribution in [0.2, 0.25) is 0 Å². The molecule has 3 nitrogen and oxygen atoms in total. The Morgan fingerprint density at radius 2 is 2.31 bits per heavy atom. The van der Waals surface area contributed by atoms with E-state index in [1.807, 2.05) is 6.92 Å². The molecule has 0 aliphatic carbocycles. The highest BCUT2D eigenvalue weighted by Crippen LogP contribution is 2.07. The first-order chi connectivity index (χ1) is 7.59. The lowest BCUT2D eigenvalue weighted by Crippen LogP contribution is -2.53. The van der Waals surface area contributed by atoms with Crippen molar-refractivity contribution in [2.45, 2.75) is 26.8 Å². The zero-order valence-electron chi connectivity index (χ0n) is 11.0. The summed E-state index contributed by atoms with van der Waals surface area (Å²) in [7, 11) is 0. The van der Waals surface area contributed by atoms with Crippen LogP contribution in [0.5, 0.6) is 0 Å². The number of hydrogen-bond acceptors (Lipinski definition) is 3. The molecule has 0 amide bonds. The van der Waals surface area contributed by atoms with Gasteiger partial charge in [0, 0.05) is 32.2 Å². The summed E-state index contributed by atoms with van der Waals surface area (Å²) in [4.78, 5) is 2.49. The fraction of sp³-hybridized carbons (Fsp3) is 0.846. The van der Waals surface area contributed by atoms with Gasteiger partial charge in [-0.15, -0.1) is 0 Å². The highest BCUT2D eigenvalue weighted by atomic mass is 16.5. The maximum atomic E-state index is 5.53. The molecule has 0 aromatic carbocycles. The summed E-state index contributed by atoms with van der Waals surface area (Å²) in [5.41, 5.74) is 1.10. The van der Waals surface area contributed by atoms with Gasteiger partial charge in [-0.2, -0.15) is 0 Å². The fourth-order valence-corrected chi connectivity index (χ4v) is 1.93. The molecule has 0 saturated carbocycles. The average Bonchev–Trinajstić information content (AvgIpc) is 2.24. The highest BCUT2D eigenvalue weighted by molar-refractivity contribution is 4.87. The monoisotopic (exact) mass is 226 g/mol. The molecule has 1 unspecified atom stereocenters. The molecule has 0 spiro atoms. The molecule has 1 saturated heterocycles. The van der Waals surface area contributed by atoms with E-state index in [0.717, 1.165) is 38.4 Å². The Hall–Kier alpha value is -0.380. The van der Waals surface area contributed by atoms with Gasteiger partial charge in [-0.3, -0.25) is 4.90 Å². The van der Waals surface area contributed by atoms with Gasteiger partial charge >= 0.3 is 0 Å². The number of ether oxygens (including phenoxy) is 1. The average molecular weight is 226 g/mol. The molecule has 0 radical (unpaired) electrons. The Morgan fingerprint density at radius 3 is 2.94 bits per heavy atom. The molecule has 0 aromatic heterocycles. The van der Waals surface area contributed by atoms with Crippen molar-refractivity contribution < 1.29 is 4.74 Å². The molecule has 94 valence electrons. The van der Waals surface area contributed by atoms with Crippen LogP contribution >= 0.6 is 0 Å². The summed E-state index contributed by atoms with van der Waals surface area (Å²) < 4.78 is 5.53. The van der Waals surface area contributed by atoms with Crippen LogP contribution in [0.15, 0.2) is 12.2 Å². The second-order valence-electron chi connectivity index (χ2n) is 5.11. The first-order valence-electron chi connectivity index (χ1n) is 6.27. The number of rotatable bonds is 6. The molecule has 1 N–H and O–H groups in total. The third-order valence-electron chi connectivity index (χ3n) is 2.99. The topological polar surface area (TPSA) is 24.5 Å². The zero-order chi connectivity index (χ0) is 12.0. The van der Waals surface area contributed by atoms with E-state index in [-0.39, 0.29) is 0 Å². The number of nitrogens with zero attached hydrogens (tertiary/aromatic N) is 1. The standard InChI is InChI=1S/C13H26N2O/c1-11(2)10-16-8-7-15-6-5-14-13(9-15)12(3)4/h12-14H,1,5-10H2,2-4H3. The van der Waals surface area contributed by atoms with Gasteiger partial charge in [-0.25, -0.2) is 0 Å². The summed E-state index contributed by atoms with van der Waals surface area (Å²) >= 11 is 0. The number of piperazine rings is 1. The minimum atomic E-state index is 0.634.